The minimum atomic E-state index is -0.638. The van der Waals surface area contributed by atoms with Gasteiger partial charge in [-0.15, -0.1) is 0 Å². The maximum atomic E-state index is 9.41. The van der Waals surface area contributed by atoms with Crippen molar-refractivity contribution in [1.82, 2.24) is 5.32 Å². The van der Waals surface area contributed by atoms with E-state index < -0.39 is 5.54 Å². The van der Waals surface area contributed by atoms with E-state index in [2.05, 4.69) is 11.4 Å². The van der Waals surface area contributed by atoms with Crippen LogP contribution in [0.2, 0.25) is 0 Å². The van der Waals surface area contributed by atoms with Gasteiger partial charge >= 0.3 is 0 Å². The zero-order valence-corrected chi connectivity index (χ0v) is 10.8. The lowest BCUT2D eigenvalue weighted by Gasteiger charge is -2.26. The van der Waals surface area contributed by atoms with Crippen molar-refractivity contribution in [2.24, 2.45) is 0 Å². The average Bonchev–Trinajstić information content (AvgIpc) is 2.41. The highest BCUT2D eigenvalue weighted by Gasteiger charge is 2.29. The Kier molecular flexibility index (Phi) is 6.06. The fraction of sp³-hybridized carbons (Fsp3) is 0.462. The predicted octanol–water partition coefficient (Wildman–Crippen LogP) is 1.74. The van der Waals surface area contributed by atoms with Crippen LogP contribution in [-0.2, 0) is 5.54 Å². The van der Waals surface area contributed by atoms with Gasteiger partial charge in [-0.3, -0.25) is 5.32 Å². The van der Waals surface area contributed by atoms with E-state index in [1.807, 2.05) is 37.4 Å². The largest absolute Gasteiger partial charge is 0.396 e. The molecule has 3 nitrogen and oxygen atoms in total. The van der Waals surface area contributed by atoms with Crippen LogP contribution in [-0.4, -0.2) is 30.3 Å². The Hall–Kier alpha value is -1.02. The Labute approximate surface area is 107 Å². The molecule has 0 fully saturated rings. The Bertz CT molecular complexity index is 363. The zero-order chi connectivity index (χ0) is 12.6. The molecule has 1 rings (SSSR count). The molecule has 0 aliphatic rings. The summed E-state index contributed by atoms with van der Waals surface area (Å²) in [7, 11) is 1.81. The van der Waals surface area contributed by atoms with Gasteiger partial charge in [-0.25, -0.2) is 0 Å². The summed E-state index contributed by atoms with van der Waals surface area (Å²) in [5, 5.41) is 21.3. The number of nitrogens with zero attached hydrogens (tertiary/aromatic N) is 1. The van der Waals surface area contributed by atoms with E-state index in [0.717, 1.165) is 17.7 Å². The van der Waals surface area contributed by atoms with Gasteiger partial charge in [0.25, 0.3) is 0 Å². The molecule has 0 aliphatic carbocycles. The highest BCUT2D eigenvalue weighted by Crippen LogP contribution is 2.25. The molecule has 0 saturated carbocycles. The number of rotatable bonds is 7. The van der Waals surface area contributed by atoms with Crippen molar-refractivity contribution in [3.63, 3.8) is 0 Å². The maximum Gasteiger partial charge on any atom is 0.141 e. The van der Waals surface area contributed by atoms with Crippen LogP contribution >= 0.6 is 11.8 Å². The topological polar surface area (TPSA) is 56.0 Å². The van der Waals surface area contributed by atoms with Crippen molar-refractivity contribution in [2.75, 3.05) is 25.2 Å². The predicted molar refractivity (Wildman–Crippen MR) is 71.8 cm³/mol. The van der Waals surface area contributed by atoms with Crippen LogP contribution in [0, 0.1) is 11.3 Å². The third kappa shape index (κ3) is 3.74. The first-order chi connectivity index (χ1) is 8.29. The van der Waals surface area contributed by atoms with Gasteiger partial charge in [0.2, 0.25) is 0 Å². The quantitative estimate of drug-likeness (QED) is 0.724. The first-order valence-corrected chi connectivity index (χ1v) is 6.79. The molecule has 0 radical (unpaired) electrons. The third-order valence-corrected chi connectivity index (χ3v) is 3.86. The third-order valence-electron chi connectivity index (χ3n) is 2.65. The second-order valence-electron chi connectivity index (χ2n) is 3.76. The van der Waals surface area contributed by atoms with E-state index in [4.69, 9.17) is 5.11 Å². The van der Waals surface area contributed by atoms with Crippen LogP contribution in [0.5, 0.6) is 0 Å². The molecule has 4 heteroatoms. The number of hydrogen-bond acceptors (Lipinski definition) is 4. The summed E-state index contributed by atoms with van der Waals surface area (Å²) in [4.78, 5) is 0. The number of hydrogen-bond donors (Lipinski definition) is 2. The molecule has 0 aromatic heterocycles. The van der Waals surface area contributed by atoms with Gasteiger partial charge in [0.1, 0.15) is 5.54 Å². The SMILES string of the molecule is CNC(C#N)(CSCCCO)c1ccccc1. The van der Waals surface area contributed by atoms with Gasteiger partial charge < -0.3 is 5.11 Å². The summed E-state index contributed by atoms with van der Waals surface area (Å²) in [6, 6.07) is 12.1. The number of nitrogens with one attached hydrogen (secondary N) is 1. The lowest BCUT2D eigenvalue weighted by Crippen LogP contribution is -2.41. The molecule has 0 amide bonds. The lowest BCUT2D eigenvalue weighted by molar-refractivity contribution is 0.296. The van der Waals surface area contributed by atoms with Crippen LogP contribution in [0.15, 0.2) is 30.3 Å². The molecule has 1 atom stereocenters. The van der Waals surface area contributed by atoms with Gasteiger partial charge in [0, 0.05) is 12.4 Å². The van der Waals surface area contributed by atoms with E-state index in [1.165, 1.54) is 0 Å². The summed E-state index contributed by atoms with van der Waals surface area (Å²) in [5.74, 6) is 1.55. The lowest BCUT2D eigenvalue weighted by atomic mass is 9.94. The molecule has 0 aliphatic heterocycles. The van der Waals surface area contributed by atoms with E-state index in [0.29, 0.717) is 5.75 Å². The maximum absolute atomic E-state index is 9.41. The molecule has 17 heavy (non-hydrogen) atoms. The van der Waals surface area contributed by atoms with Crippen molar-refractivity contribution in [3.8, 4) is 6.07 Å². The summed E-state index contributed by atoms with van der Waals surface area (Å²) in [5.41, 5.74) is 0.350. The molecule has 2 N–H and O–H groups in total. The molecule has 0 heterocycles. The summed E-state index contributed by atoms with van der Waals surface area (Å²) in [6.45, 7) is 0.206. The zero-order valence-electron chi connectivity index (χ0n) is 10.0. The molecule has 1 aromatic carbocycles. The van der Waals surface area contributed by atoms with Crippen LogP contribution < -0.4 is 5.32 Å². The molecule has 0 saturated heterocycles. The highest BCUT2D eigenvalue weighted by molar-refractivity contribution is 7.99. The van der Waals surface area contributed by atoms with Gasteiger partial charge in [-0.05, 0) is 24.8 Å². The smallest absolute Gasteiger partial charge is 0.141 e. The number of aliphatic hydroxyl groups excluding tert-OH is 1. The van der Waals surface area contributed by atoms with Crippen LogP contribution in [0.4, 0.5) is 0 Å². The Morgan fingerprint density at radius 2 is 2.12 bits per heavy atom. The van der Waals surface area contributed by atoms with Crippen LogP contribution in [0.25, 0.3) is 0 Å². The number of thioether (sulfide) groups is 1. The van der Waals surface area contributed by atoms with Gasteiger partial charge in [-0.2, -0.15) is 17.0 Å². The molecule has 1 unspecified atom stereocenters. The second kappa shape index (κ2) is 7.33. The monoisotopic (exact) mass is 250 g/mol. The van der Waals surface area contributed by atoms with E-state index in [-0.39, 0.29) is 6.61 Å². The molecule has 0 bridgehead atoms. The van der Waals surface area contributed by atoms with E-state index >= 15 is 0 Å². The van der Waals surface area contributed by atoms with Crippen molar-refractivity contribution in [3.05, 3.63) is 35.9 Å². The van der Waals surface area contributed by atoms with Crippen LogP contribution in [0.1, 0.15) is 12.0 Å². The van der Waals surface area contributed by atoms with Crippen LogP contribution in [0.3, 0.4) is 0 Å². The van der Waals surface area contributed by atoms with Crippen molar-refractivity contribution in [1.29, 1.82) is 5.26 Å². The highest BCUT2D eigenvalue weighted by atomic mass is 32.2. The first kappa shape index (κ1) is 14.0. The van der Waals surface area contributed by atoms with Gasteiger partial charge in [0.15, 0.2) is 0 Å². The van der Waals surface area contributed by atoms with Gasteiger partial charge in [0.05, 0.1) is 6.07 Å². The molecular formula is C13H18N2OS. The summed E-state index contributed by atoms with van der Waals surface area (Å²) < 4.78 is 0. The summed E-state index contributed by atoms with van der Waals surface area (Å²) >= 11 is 1.68. The molecular weight excluding hydrogens is 232 g/mol. The Morgan fingerprint density at radius 3 is 2.65 bits per heavy atom. The minimum absolute atomic E-state index is 0.206. The fourth-order valence-corrected chi connectivity index (χ4v) is 2.73. The van der Waals surface area contributed by atoms with E-state index in [1.54, 1.807) is 11.8 Å². The molecule has 92 valence electrons. The normalized spacial score (nSPS) is 13.9. The minimum Gasteiger partial charge on any atom is -0.396 e. The number of nitriles is 1. The van der Waals surface area contributed by atoms with Crippen molar-refractivity contribution >= 4 is 11.8 Å². The van der Waals surface area contributed by atoms with Gasteiger partial charge in [-0.1, -0.05) is 30.3 Å². The van der Waals surface area contributed by atoms with E-state index in [9.17, 15) is 5.26 Å². The first-order valence-electron chi connectivity index (χ1n) is 5.63. The summed E-state index contributed by atoms with van der Waals surface area (Å²) in [6.07, 6.45) is 0.769. The average molecular weight is 250 g/mol. The molecule has 1 aromatic rings. The number of benzene rings is 1. The van der Waals surface area contributed by atoms with Crippen molar-refractivity contribution in [2.45, 2.75) is 12.0 Å². The van der Waals surface area contributed by atoms with Crippen molar-refractivity contribution < 1.29 is 5.11 Å². The molecule has 0 spiro atoms. The second-order valence-corrected chi connectivity index (χ2v) is 4.87. The Balaban J connectivity index is 2.73. The fourth-order valence-electron chi connectivity index (χ4n) is 1.57. The standard InChI is InChI=1S/C13H18N2OS/c1-15-13(10-14,11-17-9-5-8-16)12-6-3-2-4-7-12/h2-4,6-7,15-16H,5,8-9,11H2,1H3. The number of aliphatic hydroxyl groups is 1. The Morgan fingerprint density at radius 1 is 1.41 bits per heavy atom.